The number of rotatable bonds is 3. The molecular formula is C19H20N2O4S. The summed E-state index contributed by atoms with van der Waals surface area (Å²) < 4.78 is 34.0. The van der Waals surface area contributed by atoms with Gasteiger partial charge in [-0.15, -0.1) is 0 Å². The molecule has 2 aliphatic rings. The summed E-state index contributed by atoms with van der Waals surface area (Å²) in [4.78, 5) is 12.2. The minimum absolute atomic E-state index is 0.125. The van der Waals surface area contributed by atoms with Crippen LogP contribution in [0.4, 0.5) is 5.69 Å². The Morgan fingerprint density at radius 3 is 2.85 bits per heavy atom. The summed E-state index contributed by atoms with van der Waals surface area (Å²) in [6.07, 6.45) is 1.20. The molecule has 0 radical (unpaired) electrons. The van der Waals surface area contributed by atoms with Crippen LogP contribution in [0.15, 0.2) is 47.4 Å². The largest absolute Gasteiger partial charge is 0.486 e. The van der Waals surface area contributed by atoms with Crippen LogP contribution in [-0.2, 0) is 16.4 Å². The van der Waals surface area contributed by atoms with E-state index in [2.05, 4.69) is 5.32 Å². The average molecular weight is 372 g/mol. The molecule has 0 spiro atoms. The zero-order valence-corrected chi connectivity index (χ0v) is 15.3. The molecule has 136 valence electrons. The maximum absolute atomic E-state index is 13.3. The molecule has 0 aliphatic carbocycles. The molecule has 1 unspecified atom stereocenters. The number of carbonyl (C=O) groups excluding carboxylic acids is 1. The highest BCUT2D eigenvalue weighted by Gasteiger charge is 2.34. The van der Waals surface area contributed by atoms with Crippen molar-refractivity contribution in [3.8, 4) is 5.75 Å². The fourth-order valence-corrected chi connectivity index (χ4v) is 4.92. The van der Waals surface area contributed by atoms with Crippen LogP contribution in [-0.4, -0.2) is 33.5 Å². The lowest BCUT2D eigenvalue weighted by molar-refractivity contribution is 0.0945. The van der Waals surface area contributed by atoms with Gasteiger partial charge in [0.05, 0.1) is 17.1 Å². The van der Waals surface area contributed by atoms with E-state index in [0.717, 1.165) is 5.56 Å². The molecule has 2 heterocycles. The Morgan fingerprint density at radius 2 is 2.04 bits per heavy atom. The van der Waals surface area contributed by atoms with Crippen LogP contribution in [0, 0.1) is 0 Å². The predicted molar refractivity (Wildman–Crippen MR) is 98.2 cm³/mol. The highest BCUT2D eigenvalue weighted by Crippen LogP contribution is 2.37. The van der Waals surface area contributed by atoms with Crippen LogP contribution in [0.5, 0.6) is 5.75 Å². The van der Waals surface area contributed by atoms with Crippen LogP contribution >= 0.6 is 0 Å². The molecule has 1 amide bonds. The third-order valence-corrected chi connectivity index (χ3v) is 6.62. The molecule has 2 aromatic rings. The van der Waals surface area contributed by atoms with Crippen LogP contribution in [0.2, 0.25) is 0 Å². The van der Waals surface area contributed by atoms with Crippen LogP contribution in [0.3, 0.4) is 0 Å². The summed E-state index contributed by atoms with van der Waals surface area (Å²) in [6, 6.07) is 11.9. The van der Waals surface area contributed by atoms with E-state index in [0.29, 0.717) is 36.4 Å². The Kier molecular flexibility index (Phi) is 4.11. The number of sulfonamides is 1. The first-order valence-electron chi connectivity index (χ1n) is 8.70. The maximum Gasteiger partial charge on any atom is 0.264 e. The Morgan fingerprint density at radius 1 is 1.23 bits per heavy atom. The number of hydrogen-bond donors (Lipinski definition) is 1. The SMILES string of the molecule is CCC1CN(S(=O)(=O)c2ccc3c(c2)C(=O)NCC3)c2ccccc2O1. The number of hydrogen-bond acceptors (Lipinski definition) is 4. The topological polar surface area (TPSA) is 75.7 Å². The van der Waals surface area contributed by atoms with E-state index in [-0.39, 0.29) is 23.5 Å². The molecule has 2 aliphatic heterocycles. The van der Waals surface area contributed by atoms with E-state index >= 15 is 0 Å². The van der Waals surface area contributed by atoms with Gasteiger partial charge in [-0.3, -0.25) is 9.10 Å². The van der Waals surface area contributed by atoms with Crippen molar-refractivity contribution in [3.05, 3.63) is 53.6 Å². The summed E-state index contributed by atoms with van der Waals surface area (Å²) in [6.45, 7) is 2.79. The molecule has 0 saturated heterocycles. The predicted octanol–water partition coefficient (Wildman–Crippen LogP) is 2.34. The van der Waals surface area contributed by atoms with E-state index < -0.39 is 10.0 Å². The van der Waals surface area contributed by atoms with Crippen molar-refractivity contribution in [2.24, 2.45) is 0 Å². The fourth-order valence-electron chi connectivity index (χ4n) is 3.38. The minimum atomic E-state index is -3.80. The molecule has 0 saturated carbocycles. The van der Waals surface area contributed by atoms with Gasteiger partial charge in [0.25, 0.3) is 15.9 Å². The van der Waals surface area contributed by atoms with E-state index in [4.69, 9.17) is 4.74 Å². The van der Waals surface area contributed by atoms with Gasteiger partial charge in [0, 0.05) is 12.1 Å². The summed E-state index contributed by atoms with van der Waals surface area (Å²) in [5.41, 5.74) is 1.84. The van der Waals surface area contributed by atoms with Gasteiger partial charge in [-0.25, -0.2) is 8.42 Å². The molecule has 1 atom stereocenters. The van der Waals surface area contributed by atoms with Gasteiger partial charge in [0.15, 0.2) is 0 Å². The monoisotopic (exact) mass is 372 g/mol. The molecule has 7 heteroatoms. The van der Waals surface area contributed by atoms with Gasteiger partial charge in [-0.2, -0.15) is 0 Å². The lowest BCUT2D eigenvalue weighted by atomic mass is 10.0. The zero-order chi connectivity index (χ0) is 18.3. The molecule has 0 aromatic heterocycles. The number of carbonyl (C=O) groups is 1. The molecule has 0 fully saturated rings. The maximum atomic E-state index is 13.3. The number of amides is 1. The number of nitrogens with one attached hydrogen (secondary N) is 1. The first-order valence-corrected chi connectivity index (χ1v) is 10.1. The second kappa shape index (κ2) is 6.32. The van der Waals surface area contributed by atoms with Crippen molar-refractivity contribution in [1.29, 1.82) is 0 Å². The van der Waals surface area contributed by atoms with Crippen molar-refractivity contribution in [3.63, 3.8) is 0 Å². The van der Waals surface area contributed by atoms with Gasteiger partial charge in [-0.1, -0.05) is 25.1 Å². The van der Waals surface area contributed by atoms with Gasteiger partial charge in [-0.05, 0) is 42.7 Å². The van der Waals surface area contributed by atoms with Crippen molar-refractivity contribution in [1.82, 2.24) is 5.32 Å². The molecule has 2 aromatic carbocycles. The van der Waals surface area contributed by atoms with E-state index in [1.807, 2.05) is 13.0 Å². The quantitative estimate of drug-likeness (QED) is 0.897. The minimum Gasteiger partial charge on any atom is -0.486 e. The number of nitrogens with zero attached hydrogens (tertiary/aromatic N) is 1. The van der Waals surface area contributed by atoms with Crippen LogP contribution in [0.25, 0.3) is 0 Å². The molecule has 4 rings (SSSR count). The molecule has 0 bridgehead atoms. The van der Waals surface area contributed by atoms with Crippen molar-refractivity contribution < 1.29 is 17.9 Å². The summed E-state index contributed by atoms with van der Waals surface area (Å²) in [7, 11) is -3.80. The number of ether oxygens (including phenoxy) is 1. The lowest BCUT2D eigenvalue weighted by Gasteiger charge is -2.35. The van der Waals surface area contributed by atoms with Gasteiger partial charge in [0.2, 0.25) is 0 Å². The van der Waals surface area contributed by atoms with Crippen molar-refractivity contribution >= 4 is 21.6 Å². The van der Waals surface area contributed by atoms with Crippen molar-refractivity contribution in [2.75, 3.05) is 17.4 Å². The zero-order valence-electron chi connectivity index (χ0n) is 14.4. The fraction of sp³-hybridized carbons (Fsp3) is 0.316. The van der Waals surface area contributed by atoms with Crippen molar-refractivity contribution in [2.45, 2.75) is 30.8 Å². The number of anilines is 1. The first-order chi connectivity index (χ1) is 12.5. The Hall–Kier alpha value is -2.54. The van der Waals surface area contributed by atoms with Crippen LogP contribution < -0.4 is 14.4 Å². The highest BCUT2D eigenvalue weighted by atomic mass is 32.2. The highest BCUT2D eigenvalue weighted by molar-refractivity contribution is 7.92. The van der Waals surface area contributed by atoms with E-state index in [9.17, 15) is 13.2 Å². The Labute approximate surface area is 152 Å². The Bertz CT molecular complexity index is 971. The molecule has 26 heavy (non-hydrogen) atoms. The summed E-state index contributed by atoms with van der Waals surface area (Å²) in [5.74, 6) is 0.335. The number of benzene rings is 2. The van der Waals surface area contributed by atoms with Gasteiger partial charge < -0.3 is 10.1 Å². The second-order valence-corrected chi connectivity index (χ2v) is 8.34. The standard InChI is InChI=1S/C19H20N2O4S/c1-2-14-12-21(17-5-3-4-6-18(17)25-14)26(23,24)15-8-7-13-9-10-20-19(22)16(13)11-15/h3-8,11,14H,2,9-10,12H2,1H3,(H,20,22). The average Bonchev–Trinajstić information content (AvgIpc) is 2.67. The Balaban J connectivity index is 1.80. The second-order valence-electron chi connectivity index (χ2n) is 6.48. The first kappa shape index (κ1) is 16.9. The van der Waals surface area contributed by atoms with E-state index in [1.165, 1.54) is 10.4 Å². The molecule has 1 N–H and O–H groups in total. The lowest BCUT2D eigenvalue weighted by Crippen LogP contribution is -2.43. The third-order valence-electron chi connectivity index (χ3n) is 4.85. The normalized spacial score (nSPS) is 19.2. The smallest absolute Gasteiger partial charge is 0.264 e. The van der Waals surface area contributed by atoms with Crippen LogP contribution in [0.1, 0.15) is 29.3 Å². The summed E-state index contributed by atoms with van der Waals surface area (Å²) in [5, 5.41) is 2.76. The number of para-hydroxylation sites is 2. The van der Waals surface area contributed by atoms with Gasteiger partial charge >= 0.3 is 0 Å². The van der Waals surface area contributed by atoms with E-state index in [1.54, 1.807) is 30.3 Å². The van der Waals surface area contributed by atoms with Gasteiger partial charge in [0.1, 0.15) is 11.9 Å². The molecular weight excluding hydrogens is 352 g/mol. The third kappa shape index (κ3) is 2.72. The number of fused-ring (bicyclic) bond motifs is 2. The molecule has 6 nitrogen and oxygen atoms in total. The summed E-state index contributed by atoms with van der Waals surface area (Å²) >= 11 is 0.